The Morgan fingerprint density at radius 2 is 1.40 bits per heavy atom. The lowest BCUT2D eigenvalue weighted by Gasteiger charge is -2.31. The maximum absolute atomic E-state index is 5.06. The second-order valence-corrected chi connectivity index (χ2v) is 2.27. The second-order valence-electron chi connectivity index (χ2n) is 2.27. The van der Waals surface area contributed by atoms with Gasteiger partial charge in [0.05, 0.1) is 14.2 Å². The Bertz CT molecular complexity index is 91.0. The SMILES string of the molecule is CON(OC)C(C)(C)OC. The van der Waals surface area contributed by atoms with Gasteiger partial charge in [-0.2, -0.15) is 0 Å². The summed E-state index contributed by atoms with van der Waals surface area (Å²) in [5.74, 6) is 0. The minimum atomic E-state index is -0.552. The van der Waals surface area contributed by atoms with Crippen molar-refractivity contribution < 1.29 is 14.4 Å². The van der Waals surface area contributed by atoms with Gasteiger partial charge in [0, 0.05) is 7.11 Å². The molecule has 0 spiro atoms. The molecule has 4 heteroatoms. The zero-order valence-electron chi connectivity index (χ0n) is 7.17. The van der Waals surface area contributed by atoms with Crippen LogP contribution in [-0.2, 0) is 14.4 Å². The van der Waals surface area contributed by atoms with E-state index in [2.05, 4.69) is 0 Å². The smallest absolute Gasteiger partial charge is 0.164 e. The van der Waals surface area contributed by atoms with Crippen molar-refractivity contribution in [1.29, 1.82) is 0 Å². The summed E-state index contributed by atoms with van der Waals surface area (Å²) in [5, 5.41) is 1.27. The van der Waals surface area contributed by atoms with Crippen molar-refractivity contribution in [2.75, 3.05) is 21.3 Å². The van der Waals surface area contributed by atoms with Gasteiger partial charge >= 0.3 is 0 Å². The molecule has 0 aliphatic carbocycles. The highest BCUT2D eigenvalue weighted by molar-refractivity contribution is 4.55. The van der Waals surface area contributed by atoms with Crippen LogP contribution in [0.15, 0.2) is 0 Å². The number of hydroxylamine groups is 2. The Labute approximate surface area is 61.6 Å². The number of nitrogens with zero attached hydrogens (tertiary/aromatic N) is 1. The zero-order chi connectivity index (χ0) is 8.20. The predicted octanol–water partition coefficient (Wildman–Crippen LogP) is 0.794. The number of rotatable bonds is 4. The second kappa shape index (κ2) is 3.88. The fraction of sp³-hybridized carbons (Fsp3) is 1.00. The van der Waals surface area contributed by atoms with E-state index in [9.17, 15) is 0 Å². The van der Waals surface area contributed by atoms with Crippen LogP contribution in [0, 0.1) is 0 Å². The fourth-order valence-corrected chi connectivity index (χ4v) is 0.589. The third-order valence-electron chi connectivity index (χ3n) is 1.27. The number of hydrogen-bond donors (Lipinski definition) is 0. The number of methoxy groups -OCH3 is 1. The molecule has 0 N–H and O–H groups in total. The molecule has 0 aromatic rings. The molecular formula is C6H15NO3. The van der Waals surface area contributed by atoms with Gasteiger partial charge in [-0.1, -0.05) is 0 Å². The first-order chi connectivity index (χ1) is 4.58. The molecule has 4 nitrogen and oxygen atoms in total. The Balaban J connectivity index is 3.97. The van der Waals surface area contributed by atoms with Crippen LogP contribution in [0.4, 0.5) is 0 Å². The monoisotopic (exact) mass is 149 g/mol. The lowest BCUT2D eigenvalue weighted by atomic mass is 10.3. The van der Waals surface area contributed by atoms with Gasteiger partial charge < -0.3 is 4.74 Å². The average Bonchev–Trinajstić information content (AvgIpc) is 1.90. The topological polar surface area (TPSA) is 30.9 Å². The van der Waals surface area contributed by atoms with Gasteiger partial charge in [-0.25, -0.2) is 0 Å². The summed E-state index contributed by atoms with van der Waals surface area (Å²) in [7, 11) is 4.62. The Morgan fingerprint density at radius 1 is 1.00 bits per heavy atom. The molecule has 0 aliphatic heterocycles. The van der Waals surface area contributed by atoms with E-state index in [0.29, 0.717) is 0 Å². The third kappa shape index (κ3) is 2.22. The molecule has 0 bridgehead atoms. The summed E-state index contributed by atoms with van der Waals surface area (Å²) in [4.78, 5) is 9.68. The van der Waals surface area contributed by atoms with Crippen LogP contribution in [0.2, 0.25) is 0 Å². The molecule has 0 saturated heterocycles. The predicted molar refractivity (Wildman–Crippen MR) is 36.9 cm³/mol. The van der Waals surface area contributed by atoms with Crippen LogP contribution in [-0.4, -0.2) is 32.3 Å². The first kappa shape index (κ1) is 9.84. The molecule has 62 valence electrons. The first-order valence-electron chi connectivity index (χ1n) is 3.02. The summed E-state index contributed by atoms with van der Waals surface area (Å²) in [6.45, 7) is 3.67. The van der Waals surface area contributed by atoms with E-state index in [1.807, 2.05) is 13.8 Å². The lowest BCUT2D eigenvalue weighted by molar-refractivity contribution is -0.430. The fourth-order valence-electron chi connectivity index (χ4n) is 0.589. The highest BCUT2D eigenvalue weighted by Gasteiger charge is 2.26. The molecule has 0 aromatic heterocycles. The minimum Gasteiger partial charge on any atom is -0.359 e. The van der Waals surface area contributed by atoms with Crippen molar-refractivity contribution in [3.05, 3.63) is 0 Å². The van der Waals surface area contributed by atoms with Crippen molar-refractivity contribution in [3.63, 3.8) is 0 Å². The molecule has 0 aromatic carbocycles. The maximum atomic E-state index is 5.06. The minimum absolute atomic E-state index is 0.552. The van der Waals surface area contributed by atoms with Crippen molar-refractivity contribution in [2.24, 2.45) is 0 Å². The van der Waals surface area contributed by atoms with Gasteiger partial charge in [0.25, 0.3) is 0 Å². The quantitative estimate of drug-likeness (QED) is 0.437. The molecule has 0 fully saturated rings. The van der Waals surface area contributed by atoms with E-state index in [1.54, 1.807) is 7.11 Å². The highest BCUT2D eigenvalue weighted by atomic mass is 17.0. The van der Waals surface area contributed by atoms with Crippen LogP contribution in [0.3, 0.4) is 0 Å². The molecule has 0 atom stereocenters. The van der Waals surface area contributed by atoms with Crippen LogP contribution in [0.25, 0.3) is 0 Å². The van der Waals surface area contributed by atoms with Crippen molar-refractivity contribution in [3.8, 4) is 0 Å². The molecule has 10 heavy (non-hydrogen) atoms. The van der Waals surface area contributed by atoms with Gasteiger partial charge in [-0.3, -0.25) is 9.68 Å². The molecule has 0 aliphatic rings. The average molecular weight is 149 g/mol. The Morgan fingerprint density at radius 3 is 1.50 bits per heavy atom. The summed E-state index contributed by atoms with van der Waals surface area (Å²) in [5.41, 5.74) is -0.552. The van der Waals surface area contributed by atoms with Crippen LogP contribution < -0.4 is 0 Å². The summed E-state index contributed by atoms with van der Waals surface area (Å²) >= 11 is 0. The van der Waals surface area contributed by atoms with Crippen molar-refractivity contribution in [2.45, 2.75) is 19.6 Å². The molecule has 0 radical (unpaired) electrons. The highest BCUT2D eigenvalue weighted by Crippen LogP contribution is 2.13. The standard InChI is InChI=1S/C6H15NO3/c1-6(2,8-3)7(9-4)10-5/h1-5H3. The normalized spacial score (nSPS) is 12.6. The Kier molecular flexibility index (Phi) is 3.81. The van der Waals surface area contributed by atoms with Crippen LogP contribution in [0.1, 0.15) is 13.8 Å². The third-order valence-corrected chi connectivity index (χ3v) is 1.27. The van der Waals surface area contributed by atoms with E-state index in [1.165, 1.54) is 19.4 Å². The van der Waals surface area contributed by atoms with E-state index in [0.717, 1.165) is 0 Å². The van der Waals surface area contributed by atoms with Gasteiger partial charge in [0.1, 0.15) is 0 Å². The summed E-state index contributed by atoms with van der Waals surface area (Å²) < 4.78 is 5.06. The van der Waals surface area contributed by atoms with Gasteiger partial charge in [-0.15, -0.1) is 0 Å². The first-order valence-corrected chi connectivity index (χ1v) is 3.02. The van der Waals surface area contributed by atoms with Gasteiger partial charge in [0.2, 0.25) is 0 Å². The van der Waals surface area contributed by atoms with Crippen LogP contribution in [0.5, 0.6) is 0 Å². The van der Waals surface area contributed by atoms with E-state index in [-0.39, 0.29) is 0 Å². The Hall–Kier alpha value is -0.160. The van der Waals surface area contributed by atoms with E-state index < -0.39 is 5.72 Å². The van der Waals surface area contributed by atoms with E-state index >= 15 is 0 Å². The molecular weight excluding hydrogens is 134 g/mol. The molecule has 0 heterocycles. The zero-order valence-corrected chi connectivity index (χ0v) is 7.17. The van der Waals surface area contributed by atoms with Gasteiger partial charge in [0.15, 0.2) is 5.72 Å². The lowest BCUT2D eigenvalue weighted by Crippen LogP contribution is -2.43. The number of ether oxygens (including phenoxy) is 1. The maximum Gasteiger partial charge on any atom is 0.164 e. The van der Waals surface area contributed by atoms with E-state index in [4.69, 9.17) is 14.4 Å². The molecule has 0 saturated carbocycles. The van der Waals surface area contributed by atoms with Crippen molar-refractivity contribution in [1.82, 2.24) is 5.23 Å². The van der Waals surface area contributed by atoms with Crippen LogP contribution >= 0.6 is 0 Å². The summed E-state index contributed by atoms with van der Waals surface area (Å²) in [6.07, 6.45) is 0. The van der Waals surface area contributed by atoms with Crippen molar-refractivity contribution >= 4 is 0 Å². The molecule has 0 unspecified atom stereocenters. The largest absolute Gasteiger partial charge is 0.359 e. The van der Waals surface area contributed by atoms with Gasteiger partial charge in [-0.05, 0) is 19.1 Å². The number of hydrogen-bond acceptors (Lipinski definition) is 4. The molecule has 0 amide bonds. The molecule has 0 rings (SSSR count). The summed E-state index contributed by atoms with van der Waals surface area (Å²) in [6, 6.07) is 0.